The highest BCUT2D eigenvalue weighted by molar-refractivity contribution is 5.74. The van der Waals surface area contributed by atoms with Crippen molar-refractivity contribution in [1.29, 1.82) is 0 Å². The van der Waals surface area contributed by atoms with E-state index in [2.05, 4.69) is 10.6 Å². The van der Waals surface area contributed by atoms with Crippen LogP contribution in [0, 0.1) is 11.8 Å². The summed E-state index contributed by atoms with van der Waals surface area (Å²) in [6.07, 6.45) is -2.17. The number of methoxy groups -OCH3 is 1. The first-order chi connectivity index (χ1) is 12.8. The number of carbonyl (C=O) groups excluding carboxylic acids is 1. The van der Waals surface area contributed by atoms with Crippen LogP contribution in [0.3, 0.4) is 0 Å². The molecule has 1 fully saturated rings. The second-order valence-electron chi connectivity index (χ2n) is 7.11. The number of carbonyl (C=O) groups is 1. The molecule has 1 aliphatic heterocycles. The molecule has 1 aromatic rings. The van der Waals surface area contributed by atoms with Crippen molar-refractivity contribution in [3.8, 4) is 5.75 Å². The third kappa shape index (κ3) is 4.25. The molecule has 0 amide bonds. The van der Waals surface area contributed by atoms with Gasteiger partial charge in [-0.05, 0) is 50.7 Å². The maximum absolute atomic E-state index is 13.7. The molecule has 0 bridgehead atoms. The molecule has 150 valence electrons. The standard InChI is InChI=1S/C19H25F3N2O3/c1-3-27-18(25)12-6-4-11(5-7-12)16-17(19(20,21)22)24-15-10-13(26-2)8-9-14(15)23-16/h8-12,16-17,23-24H,3-7H2,1-2H3. The van der Waals surface area contributed by atoms with E-state index in [1.165, 1.54) is 7.11 Å². The fraction of sp³-hybridized carbons (Fsp3) is 0.632. The Kier molecular flexibility index (Phi) is 5.72. The van der Waals surface area contributed by atoms with Gasteiger partial charge in [0.1, 0.15) is 11.8 Å². The van der Waals surface area contributed by atoms with Gasteiger partial charge >= 0.3 is 12.1 Å². The predicted octanol–water partition coefficient (Wildman–Crippen LogP) is 4.20. The number of hydrogen-bond donors (Lipinski definition) is 2. The summed E-state index contributed by atoms with van der Waals surface area (Å²) in [5.41, 5.74) is 1.02. The van der Waals surface area contributed by atoms with Crippen molar-refractivity contribution in [2.24, 2.45) is 11.8 Å². The van der Waals surface area contributed by atoms with Gasteiger partial charge in [0, 0.05) is 6.07 Å². The number of alkyl halides is 3. The Balaban J connectivity index is 1.76. The number of ether oxygens (including phenoxy) is 2. The van der Waals surface area contributed by atoms with Gasteiger partial charge in [0.2, 0.25) is 0 Å². The normalized spacial score (nSPS) is 27.7. The molecule has 2 N–H and O–H groups in total. The van der Waals surface area contributed by atoms with Gasteiger partial charge in [0.15, 0.2) is 0 Å². The molecule has 0 saturated heterocycles. The SMILES string of the molecule is CCOC(=O)C1CCC(C2Nc3ccc(OC)cc3NC2C(F)(F)F)CC1. The number of esters is 1. The maximum Gasteiger partial charge on any atom is 0.410 e. The minimum atomic E-state index is -4.39. The number of fused-ring (bicyclic) bond motifs is 1. The van der Waals surface area contributed by atoms with Gasteiger partial charge in [-0.25, -0.2) is 0 Å². The van der Waals surface area contributed by atoms with Crippen molar-refractivity contribution in [3.63, 3.8) is 0 Å². The summed E-state index contributed by atoms with van der Waals surface area (Å²) in [6.45, 7) is 2.07. The summed E-state index contributed by atoms with van der Waals surface area (Å²) < 4.78 is 51.3. The first kappa shape index (κ1) is 19.6. The smallest absolute Gasteiger partial charge is 0.410 e. The molecule has 2 atom stereocenters. The number of anilines is 2. The first-order valence-corrected chi connectivity index (χ1v) is 9.28. The van der Waals surface area contributed by atoms with Crippen LogP contribution in [-0.4, -0.2) is 37.9 Å². The quantitative estimate of drug-likeness (QED) is 0.760. The van der Waals surface area contributed by atoms with Crippen LogP contribution in [0.1, 0.15) is 32.6 Å². The Morgan fingerprint density at radius 2 is 1.85 bits per heavy atom. The van der Waals surface area contributed by atoms with Crippen molar-refractivity contribution in [1.82, 2.24) is 0 Å². The molecule has 1 heterocycles. The van der Waals surface area contributed by atoms with E-state index in [0.717, 1.165) is 0 Å². The molecular weight excluding hydrogens is 361 g/mol. The van der Waals surface area contributed by atoms with Crippen LogP contribution in [0.15, 0.2) is 18.2 Å². The topological polar surface area (TPSA) is 59.6 Å². The van der Waals surface area contributed by atoms with Crippen LogP contribution in [0.25, 0.3) is 0 Å². The summed E-state index contributed by atoms with van der Waals surface area (Å²) in [4.78, 5) is 11.9. The lowest BCUT2D eigenvalue weighted by Gasteiger charge is -2.43. The Morgan fingerprint density at radius 3 is 2.44 bits per heavy atom. The zero-order valence-corrected chi connectivity index (χ0v) is 15.4. The van der Waals surface area contributed by atoms with E-state index in [0.29, 0.717) is 49.4 Å². The zero-order chi connectivity index (χ0) is 19.6. The molecule has 1 aromatic carbocycles. The van der Waals surface area contributed by atoms with Crippen LogP contribution in [0.4, 0.5) is 24.5 Å². The molecule has 0 aromatic heterocycles. The fourth-order valence-corrected chi connectivity index (χ4v) is 4.07. The molecule has 3 rings (SSSR count). The third-order valence-electron chi connectivity index (χ3n) is 5.47. The molecule has 0 radical (unpaired) electrons. The molecule has 0 spiro atoms. The molecule has 1 aliphatic carbocycles. The molecule has 1 saturated carbocycles. The van der Waals surface area contributed by atoms with E-state index in [1.807, 2.05) is 0 Å². The lowest BCUT2D eigenvalue weighted by Crippen LogP contribution is -2.55. The highest BCUT2D eigenvalue weighted by atomic mass is 19.4. The number of rotatable bonds is 4. The largest absolute Gasteiger partial charge is 0.497 e. The molecule has 5 nitrogen and oxygen atoms in total. The lowest BCUT2D eigenvalue weighted by atomic mass is 9.75. The molecule has 8 heteroatoms. The third-order valence-corrected chi connectivity index (χ3v) is 5.47. The van der Waals surface area contributed by atoms with Crippen molar-refractivity contribution in [3.05, 3.63) is 18.2 Å². The van der Waals surface area contributed by atoms with Gasteiger partial charge in [0.05, 0.1) is 37.1 Å². The summed E-state index contributed by atoms with van der Waals surface area (Å²) in [5, 5.41) is 5.74. The van der Waals surface area contributed by atoms with Gasteiger partial charge in [-0.3, -0.25) is 4.79 Å². The van der Waals surface area contributed by atoms with Crippen LogP contribution in [-0.2, 0) is 9.53 Å². The Labute approximate surface area is 156 Å². The van der Waals surface area contributed by atoms with Crippen LogP contribution in [0.5, 0.6) is 5.75 Å². The molecular formula is C19H25F3N2O3. The van der Waals surface area contributed by atoms with E-state index in [-0.39, 0.29) is 17.8 Å². The van der Waals surface area contributed by atoms with E-state index in [4.69, 9.17) is 9.47 Å². The van der Waals surface area contributed by atoms with Crippen molar-refractivity contribution >= 4 is 17.3 Å². The average molecular weight is 386 g/mol. The number of halogens is 3. The molecule has 2 aliphatic rings. The zero-order valence-electron chi connectivity index (χ0n) is 15.4. The Morgan fingerprint density at radius 1 is 1.15 bits per heavy atom. The van der Waals surface area contributed by atoms with E-state index >= 15 is 0 Å². The second-order valence-corrected chi connectivity index (χ2v) is 7.11. The van der Waals surface area contributed by atoms with Gasteiger partial charge in [-0.1, -0.05) is 0 Å². The number of benzene rings is 1. The summed E-state index contributed by atoms with van der Waals surface area (Å²) in [5.74, 6) is -0.128. The van der Waals surface area contributed by atoms with Crippen molar-refractivity contribution in [2.75, 3.05) is 24.4 Å². The highest BCUT2D eigenvalue weighted by Gasteiger charge is 2.50. The van der Waals surface area contributed by atoms with Gasteiger partial charge in [0.25, 0.3) is 0 Å². The van der Waals surface area contributed by atoms with Crippen molar-refractivity contribution in [2.45, 2.75) is 50.9 Å². The van der Waals surface area contributed by atoms with Crippen molar-refractivity contribution < 1.29 is 27.4 Å². The van der Waals surface area contributed by atoms with Crippen LogP contribution in [0.2, 0.25) is 0 Å². The highest BCUT2D eigenvalue weighted by Crippen LogP contribution is 2.42. The monoisotopic (exact) mass is 386 g/mol. The van der Waals surface area contributed by atoms with Crippen LogP contribution < -0.4 is 15.4 Å². The maximum atomic E-state index is 13.7. The minimum absolute atomic E-state index is 0.176. The molecule has 27 heavy (non-hydrogen) atoms. The Hall–Kier alpha value is -2.12. The summed E-state index contributed by atoms with van der Waals surface area (Å²) in [7, 11) is 1.48. The van der Waals surface area contributed by atoms with E-state index in [9.17, 15) is 18.0 Å². The van der Waals surface area contributed by atoms with Crippen LogP contribution >= 0.6 is 0 Å². The summed E-state index contributed by atoms with van der Waals surface area (Å²) >= 11 is 0. The minimum Gasteiger partial charge on any atom is -0.497 e. The van der Waals surface area contributed by atoms with Gasteiger partial charge < -0.3 is 20.1 Å². The number of hydrogen-bond acceptors (Lipinski definition) is 5. The van der Waals surface area contributed by atoms with Gasteiger partial charge in [-0.15, -0.1) is 0 Å². The fourth-order valence-electron chi connectivity index (χ4n) is 4.07. The Bertz CT molecular complexity index is 673. The predicted molar refractivity (Wildman–Crippen MR) is 96.0 cm³/mol. The second kappa shape index (κ2) is 7.86. The van der Waals surface area contributed by atoms with E-state index in [1.54, 1.807) is 25.1 Å². The first-order valence-electron chi connectivity index (χ1n) is 9.28. The molecule has 2 unspecified atom stereocenters. The van der Waals surface area contributed by atoms with Gasteiger partial charge in [-0.2, -0.15) is 13.2 Å². The lowest BCUT2D eigenvalue weighted by molar-refractivity contribution is -0.153. The average Bonchev–Trinajstić information content (AvgIpc) is 2.66. The summed E-state index contributed by atoms with van der Waals surface area (Å²) in [6, 6.07) is 2.53. The van der Waals surface area contributed by atoms with E-state index < -0.39 is 18.3 Å². The number of nitrogens with one attached hydrogen (secondary N) is 2.